The smallest absolute Gasteiger partial charge is 0.191 e. The minimum absolute atomic E-state index is 0. The van der Waals surface area contributed by atoms with Crippen molar-refractivity contribution >= 4 is 29.9 Å². The number of hydrogen-bond donors (Lipinski definition) is 2. The second-order valence-electron chi connectivity index (χ2n) is 7.63. The molecule has 0 spiro atoms. The van der Waals surface area contributed by atoms with Gasteiger partial charge in [0, 0.05) is 44.8 Å². The molecular weight excluding hydrogens is 427 g/mol. The first kappa shape index (κ1) is 20.5. The van der Waals surface area contributed by atoms with E-state index in [0.717, 1.165) is 37.7 Å². The van der Waals surface area contributed by atoms with Gasteiger partial charge in [0.25, 0.3) is 0 Å². The highest BCUT2D eigenvalue weighted by atomic mass is 127. The fourth-order valence-electron chi connectivity index (χ4n) is 3.72. The first-order valence-electron chi connectivity index (χ1n) is 9.27. The largest absolute Gasteiger partial charge is 0.356 e. The molecule has 7 heteroatoms. The van der Waals surface area contributed by atoms with Crippen molar-refractivity contribution in [1.29, 1.82) is 0 Å². The van der Waals surface area contributed by atoms with Gasteiger partial charge in [-0.3, -0.25) is 9.67 Å². The lowest BCUT2D eigenvalue weighted by Crippen LogP contribution is -2.47. The zero-order chi connectivity index (χ0) is 17.1. The van der Waals surface area contributed by atoms with Gasteiger partial charge in [0.1, 0.15) is 0 Å². The lowest BCUT2D eigenvalue weighted by Gasteiger charge is -2.25. The maximum Gasteiger partial charge on any atom is 0.191 e. The van der Waals surface area contributed by atoms with Gasteiger partial charge in [0.05, 0.1) is 5.69 Å². The number of aryl methyl sites for hydroxylation is 1. The Labute approximate surface area is 168 Å². The van der Waals surface area contributed by atoms with Crippen LogP contribution in [0.5, 0.6) is 0 Å². The van der Waals surface area contributed by atoms with E-state index in [0.29, 0.717) is 12.1 Å². The zero-order valence-corrected chi connectivity index (χ0v) is 18.3. The minimum Gasteiger partial charge on any atom is -0.356 e. The molecule has 2 unspecified atom stereocenters. The summed E-state index contributed by atoms with van der Waals surface area (Å²) in [5, 5.41) is 11.9. The molecule has 1 aliphatic carbocycles. The maximum absolute atomic E-state index is 4.76. The Kier molecular flexibility index (Phi) is 7.54. The van der Waals surface area contributed by atoms with Crippen molar-refractivity contribution in [2.45, 2.75) is 51.6 Å². The van der Waals surface area contributed by atoms with Gasteiger partial charge in [-0.2, -0.15) is 5.10 Å². The highest BCUT2D eigenvalue weighted by molar-refractivity contribution is 14.0. The van der Waals surface area contributed by atoms with E-state index >= 15 is 0 Å². The number of nitrogens with zero attached hydrogens (tertiary/aromatic N) is 4. The molecule has 1 aromatic heterocycles. The molecule has 0 aromatic carbocycles. The highest BCUT2D eigenvalue weighted by Crippen LogP contribution is 2.21. The van der Waals surface area contributed by atoms with E-state index in [1.807, 2.05) is 7.05 Å². The van der Waals surface area contributed by atoms with Gasteiger partial charge in [-0.15, -0.1) is 24.0 Å². The second kappa shape index (κ2) is 9.21. The molecule has 6 nitrogen and oxygen atoms in total. The molecule has 25 heavy (non-hydrogen) atoms. The lowest BCUT2D eigenvalue weighted by atomic mass is 9.94. The third-order valence-electron chi connectivity index (χ3n) is 5.24. The van der Waals surface area contributed by atoms with Crippen molar-refractivity contribution in [3.63, 3.8) is 0 Å². The van der Waals surface area contributed by atoms with Crippen LogP contribution in [0.25, 0.3) is 0 Å². The molecule has 0 radical (unpaired) electrons. The van der Waals surface area contributed by atoms with Crippen LogP contribution in [0.4, 0.5) is 0 Å². The Bertz CT molecular complexity index is 582. The predicted octanol–water partition coefficient (Wildman–Crippen LogP) is 2.06. The van der Waals surface area contributed by atoms with Crippen LogP contribution in [-0.2, 0) is 12.8 Å². The molecule has 142 valence electrons. The summed E-state index contributed by atoms with van der Waals surface area (Å²) in [6.45, 7) is 7.76. The van der Waals surface area contributed by atoms with E-state index in [1.54, 1.807) is 0 Å². The number of aliphatic imine (C=N–C) groups is 1. The van der Waals surface area contributed by atoms with Crippen molar-refractivity contribution in [2.75, 3.05) is 33.7 Å². The van der Waals surface area contributed by atoms with Gasteiger partial charge < -0.3 is 15.5 Å². The van der Waals surface area contributed by atoms with Crippen LogP contribution in [0, 0.1) is 5.92 Å². The molecule has 2 atom stereocenters. The number of aromatic nitrogens is 2. The summed E-state index contributed by atoms with van der Waals surface area (Å²) in [4.78, 5) is 6.81. The van der Waals surface area contributed by atoms with Crippen LogP contribution in [0.1, 0.15) is 44.0 Å². The Morgan fingerprint density at radius 3 is 2.84 bits per heavy atom. The van der Waals surface area contributed by atoms with E-state index in [-0.39, 0.29) is 24.0 Å². The van der Waals surface area contributed by atoms with Gasteiger partial charge in [-0.25, -0.2) is 0 Å². The summed E-state index contributed by atoms with van der Waals surface area (Å²) in [5.41, 5.74) is 2.67. The van der Waals surface area contributed by atoms with Gasteiger partial charge >= 0.3 is 0 Å². The normalized spacial score (nSPS) is 24.1. The number of guanidine groups is 1. The Hall–Kier alpha value is -0.830. The molecule has 0 saturated carbocycles. The third kappa shape index (κ3) is 5.32. The van der Waals surface area contributed by atoms with Crippen molar-refractivity contribution in [2.24, 2.45) is 10.9 Å². The van der Waals surface area contributed by atoms with Crippen LogP contribution in [0.2, 0.25) is 0 Å². The van der Waals surface area contributed by atoms with Crippen molar-refractivity contribution in [3.8, 4) is 0 Å². The van der Waals surface area contributed by atoms with Crippen LogP contribution in [0.3, 0.4) is 0 Å². The summed E-state index contributed by atoms with van der Waals surface area (Å²) in [7, 11) is 4.06. The fraction of sp³-hybridized carbons (Fsp3) is 0.778. The molecule has 1 fully saturated rings. The molecule has 2 heterocycles. The second-order valence-corrected chi connectivity index (χ2v) is 7.63. The average molecular weight is 460 g/mol. The van der Waals surface area contributed by atoms with Crippen LogP contribution < -0.4 is 10.6 Å². The summed E-state index contributed by atoms with van der Waals surface area (Å²) >= 11 is 0. The zero-order valence-electron chi connectivity index (χ0n) is 16.0. The first-order chi connectivity index (χ1) is 11.5. The molecule has 1 aliphatic heterocycles. The van der Waals surface area contributed by atoms with Crippen LogP contribution in [-0.4, -0.2) is 60.4 Å². The first-order valence-corrected chi connectivity index (χ1v) is 9.27. The number of likely N-dealkylation sites (tertiary alicyclic amines) is 1. The van der Waals surface area contributed by atoms with Gasteiger partial charge in [0.2, 0.25) is 0 Å². The van der Waals surface area contributed by atoms with Crippen LogP contribution in [0.15, 0.2) is 11.2 Å². The van der Waals surface area contributed by atoms with Crippen molar-refractivity contribution < 1.29 is 0 Å². The average Bonchev–Trinajstić information content (AvgIpc) is 3.17. The molecule has 1 saturated heterocycles. The molecule has 0 bridgehead atoms. The summed E-state index contributed by atoms with van der Waals surface area (Å²) in [6, 6.07) is 0.853. The fourth-order valence-corrected chi connectivity index (χ4v) is 3.72. The molecule has 1 aromatic rings. The third-order valence-corrected chi connectivity index (χ3v) is 5.24. The molecule has 2 N–H and O–H groups in total. The SMILES string of the molecule is CN=C(NCC1CCN(C)C1)NC1CCc2cn(C(C)C)nc2C1.I. The van der Waals surface area contributed by atoms with Gasteiger partial charge in [-0.1, -0.05) is 0 Å². The number of nitrogens with one attached hydrogen (secondary N) is 2. The summed E-state index contributed by atoms with van der Waals surface area (Å²) < 4.78 is 2.09. The van der Waals surface area contributed by atoms with E-state index in [1.165, 1.54) is 30.8 Å². The number of fused-ring (bicyclic) bond motifs is 1. The highest BCUT2D eigenvalue weighted by Gasteiger charge is 2.24. The summed E-state index contributed by atoms with van der Waals surface area (Å²) in [5.74, 6) is 1.66. The Morgan fingerprint density at radius 2 is 2.20 bits per heavy atom. The molecule has 0 amide bonds. The molecule has 3 rings (SSSR count). The number of halogens is 1. The number of hydrogen-bond acceptors (Lipinski definition) is 3. The van der Waals surface area contributed by atoms with Crippen molar-refractivity contribution in [1.82, 2.24) is 25.3 Å². The monoisotopic (exact) mass is 460 g/mol. The topological polar surface area (TPSA) is 57.5 Å². The summed E-state index contributed by atoms with van der Waals surface area (Å²) in [6.07, 6.45) is 6.73. The standard InChI is InChI=1S/C18H32N6.HI/c1-13(2)24-12-15-5-6-16(9-17(15)22-24)21-18(19-3)20-10-14-7-8-23(4)11-14;/h12-14,16H,5-11H2,1-4H3,(H2,19,20,21);1H. The van der Waals surface area contributed by atoms with E-state index in [4.69, 9.17) is 5.10 Å². The number of rotatable bonds is 4. The van der Waals surface area contributed by atoms with E-state index in [9.17, 15) is 0 Å². The van der Waals surface area contributed by atoms with Gasteiger partial charge in [-0.05, 0) is 58.2 Å². The molecular formula is C18H33IN6. The van der Waals surface area contributed by atoms with Crippen molar-refractivity contribution in [3.05, 3.63) is 17.5 Å². The molecule has 2 aliphatic rings. The Morgan fingerprint density at radius 1 is 1.40 bits per heavy atom. The predicted molar refractivity (Wildman–Crippen MR) is 114 cm³/mol. The van der Waals surface area contributed by atoms with Gasteiger partial charge in [0.15, 0.2) is 5.96 Å². The van der Waals surface area contributed by atoms with Crippen LogP contribution >= 0.6 is 24.0 Å². The lowest BCUT2D eigenvalue weighted by molar-refractivity contribution is 0.393. The van der Waals surface area contributed by atoms with E-state index < -0.39 is 0 Å². The Balaban J connectivity index is 0.00000225. The minimum atomic E-state index is 0. The quantitative estimate of drug-likeness (QED) is 0.411. The van der Waals surface area contributed by atoms with E-state index in [2.05, 4.69) is 52.3 Å². The maximum atomic E-state index is 4.76.